The van der Waals surface area contributed by atoms with Crippen molar-refractivity contribution >= 4 is 11.7 Å². The van der Waals surface area contributed by atoms with Gasteiger partial charge in [-0.3, -0.25) is 9.80 Å². The smallest absolute Gasteiger partial charge is 0.299 e. The van der Waals surface area contributed by atoms with Crippen molar-refractivity contribution in [3.63, 3.8) is 0 Å². The predicted octanol–water partition coefficient (Wildman–Crippen LogP) is 2.07. The Bertz CT molecular complexity index is 348. The maximum absolute atomic E-state index is 11.7. The second kappa shape index (κ2) is 3.54. The molecule has 3 nitrogen and oxygen atoms in total. The van der Waals surface area contributed by atoms with E-state index in [1.165, 1.54) is 0 Å². The number of carbonyl (C=O) groups is 1. The van der Waals surface area contributed by atoms with Gasteiger partial charge in [0.25, 0.3) is 0 Å². The van der Waals surface area contributed by atoms with Crippen molar-refractivity contribution in [3.8, 4) is 0 Å². The van der Waals surface area contributed by atoms with Gasteiger partial charge in [0.2, 0.25) is 0 Å². The Morgan fingerprint density at radius 2 is 1.93 bits per heavy atom. The molecular formula is C11H12N2O. The van der Waals surface area contributed by atoms with Crippen molar-refractivity contribution in [1.82, 2.24) is 4.90 Å². The minimum absolute atomic E-state index is 0.00574. The molecule has 1 aliphatic heterocycles. The molecule has 14 heavy (non-hydrogen) atoms. The first-order valence-corrected chi connectivity index (χ1v) is 4.58. The Hall–Kier alpha value is -1.77. The standard InChI is InChI=1S/C11H12N2O/c1-2-12-8-9-13(11(12)14)10-6-4-3-5-7-10/h2-7H,1,8-9H2. The first-order valence-electron chi connectivity index (χ1n) is 4.58. The largest absolute Gasteiger partial charge is 0.328 e. The molecular weight excluding hydrogens is 176 g/mol. The van der Waals surface area contributed by atoms with Crippen LogP contribution in [0.15, 0.2) is 43.1 Å². The Morgan fingerprint density at radius 3 is 2.50 bits per heavy atom. The Balaban J connectivity index is 2.22. The third-order valence-electron chi connectivity index (χ3n) is 2.33. The highest BCUT2D eigenvalue weighted by Crippen LogP contribution is 2.19. The normalized spacial score (nSPS) is 16.1. The Labute approximate surface area is 83.2 Å². The fourth-order valence-electron chi connectivity index (χ4n) is 1.57. The summed E-state index contributed by atoms with van der Waals surface area (Å²) in [4.78, 5) is 15.1. The summed E-state index contributed by atoms with van der Waals surface area (Å²) in [6.45, 7) is 5.05. The molecule has 0 unspecified atom stereocenters. The molecule has 1 aromatic carbocycles. The third-order valence-corrected chi connectivity index (χ3v) is 2.33. The van der Waals surface area contributed by atoms with Gasteiger partial charge in [0.05, 0.1) is 0 Å². The van der Waals surface area contributed by atoms with Crippen LogP contribution in [0.4, 0.5) is 10.5 Å². The molecule has 0 N–H and O–H groups in total. The van der Waals surface area contributed by atoms with E-state index in [0.717, 1.165) is 18.8 Å². The van der Waals surface area contributed by atoms with E-state index in [9.17, 15) is 4.79 Å². The van der Waals surface area contributed by atoms with E-state index in [1.54, 1.807) is 16.0 Å². The zero-order valence-electron chi connectivity index (χ0n) is 7.89. The van der Waals surface area contributed by atoms with Crippen LogP contribution in [-0.4, -0.2) is 24.0 Å². The van der Waals surface area contributed by atoms with E-state index in [1.807, 2.05) is 30.3 Å². The molecule has 2 rings (SSSR count). The molecule has 0 bridgehead atoms. The third kappa shape index (κ3) is 1.37. The SMILES string of the molecule is C=CN1CCN(c2ccccc2)C1=O. The van der Waals surface area contributed by atoms with Crippen molar-refractivity contribution in [2.24, 2.45) is 0 Å². The number of hydrogen-bond donors (Lipinski definition) is 0. The van der Waals surface area contributed by atoms with Gasteiger partial charge in [-0.15, -0.1) is 0 Å². The molecule has 0 saturated carbocycles. The maximum Gasteiger partial charge on any atom is 0.328 e. The fraction of sp³-hybridized carbons (Fsp3) is 0.182. The van der Waals surface area contributed by atoms with Crippen LogP contribution in [0.1, 0.15) is 0 Å². The highest BCUT2D eigenvalue weighted by atomic mass is 16.2. The quantitative estimate of drug-likeness (QED) is 0.697. The summed E-state index contributed by atoms with van der Waals surface area (Å²) in [5.74, 6) is 0. The molecule has 1 fully saturated rings. The summed E-state index contributed by atoms with van der Waals surface area (Å²) < 4.78 is 0. The lowest BCUT2D eigenvalue weighted by Gasteiger charge is -2.15. The van der Waals surface area contributed by atoms with E-state index >= 15 is 0 Å². The van der Waals surface area contributed by atoms with Crippen LogP contribution < -0.4 is 4.90 Å². The lowest BCUT2D eigenvalue weighted by Crippen LogP contribution is -2.28. The van der Waals surface area contributed by atoms with Crippen molar-refractivity contribution < 1.29 is 4.79 Å². The average molecular weight is 188 g/mol. The van der Waals surface area contributed by atoms with Crippen molar-refractivity contribution in [2.45, 2.75) is 0 Å². The molecule has 0 aliphatic carbocycles. The van der Waals surface area contributed by atoms with Gasteiger partial charge in [-0.05, 0) is 12.1 Å². The van der Waals surface area contributed by atoms with Gasteiger partial charge in [-0.25, -0.2) is 4.79 Å². The van der Waals surface area contributed by atoms with Gasteiger partial charge >= 0.3 is 6.03 Å². The van der Waals surface area contributed by atoms with Crippen molar-refractivity contribution in [1.29, 1.82) is 0 Å². The second-order valence-corrected chi connectivity index (χ2v) is 3.15. The average Bonchev–Trinajstić information content (AvgIpc) is 2.61. The molecule has 3 heteroatoms. The molecule has 1 aliphatic rings. The van der Waals surface area contributed by atoms with Crippen LogP contribution in [0.2, 0.25) is 0 Å². The number of carbonyl (C=O) groups excluding carboxylic acids is 1. The number of amides is 2. The van der Waals surface area contributed by atoms with Crippen LogP contribution in [0, 0.1) is 0 Å². The van der Waals surface area contributed by atoms with Crippen molar-refractivity contribution in [2.75, 3.05) is 18.0 Å². The molecule has 1 heterocycles. The van der Waals surface area contributed by atoms with E-state index in [2.05, 4.69) is 6.58 Å². The number of para-hydroxylation sites is 1. The van der Waals surface area contributed by atoms with Crippen LogP contribution in [0.25, 0.3) is 0 Å². The maximum atomic E-state index is 11.7. The molecule has 72 valence electrons. The molecule has 1 aromatic rings. The van der Waals surface area contributed by atoms with Gasteiger partial charge in [0.15, 0.2) is 0 Å². The summed E-state index contributed by atoms with van der Waals surface area (Å²) in [5, 5.41) is 0. The Kier molecular flexibility index (Phi) is 2.23. The monoisotopic (exact) mass is 188 g/mol. The van der Waals surface area contributed by atoms with E-state index in [4.69, 9.17) is 0 Å². The highest BCUT2D eigenvalue weighted by Gasteiger charge is 2.27. The second-order valence-electron chi connectivity index (χ2n) is 3.15. The summed E-state index contributed by atoms with van der Waals surface area (Å²) in [5.41, 5.74) is 0.946. The molecule has 0 spiro atoms. The number of anilines is 1. The lowest BCUT2D eigenvalue weighted by atomic mass is 10.3. The number of benzene rings is 1. The minimum Gasteiger partial charge on any atom is -0.299 e. The molecule has 0 radical (unpaired) electrons. The van der Waals surface area contributed by atoms with E-state index < -0.39 is 0 Å². The Morgan fingerprint density at radius 1 is 1.21 bits per heavy atom. The highest BCUT2D eigenvalue weighted by molar-refractivity contribution is 5.94. The lowest BCUT2D eigenvalue weighted by molar-refractivity contribution is 0.234. The minimum atomic E-state index is 0.00574. The topological polar surface area (TPSA) is 23.6 Å². The first-order chi connectivity index (χ1) is 6.83. The van der Waals surface area contributed by atoms with E-state index in [-0.39, 0.29) is 6.03 Å². The van der Waals surface area contributed by atoms with Crippen molar-refractivity contribution in [3.05, 3.63) is 43.1 Å². The molecule has 2 amide bonds. The number of nitrogens with zero attached hydrogens (tertiary/aromatic N) is 2. The first kappa shape index (κ1) is 8.81. The summed E-state index contributed by atoms with van der Waals surface area (Å²) in [7, 11) is 0. The van der Waals surface area contributed by atoms with Crippen LogP contribution >= 0.6 is 0 Å². The van der Waals surface area contributed by atoms with Gasteiger partial charge in [0, 0.05) is 25.0 Å². The summed E-state index contributed by atoms with van der Waals surface area (Å²) >= 11 is 0. The summed E-state index contributed by atoms with van der Waals surface area (Å²) in [6, 6.07) is 9.68. The molecule has 1 saturated heterocycles. The summed E-state index contributed by atoms with van der Waals surface area (Å²) in [6.07, 6.45) is 1.57. The zero-order valence-corrected chi connectivity index (χ0v) is 7.89. The van der Waals surface area contributed by atoms with Gasteiger partial charge < -0.3 is 0 Å². The van der Waals surface area contributed by atoms with Crippen LogP contribution in [-0.2, 0) is 0 Å². The number of hydrogen-bond acceptors (Lipinski definition) is 1. The van der Waals surface area contributed by atoms with Gasteiger partial charge in [-0.2, -0.15) is 0 Å². The van der Waals surface area contributed by atoms with Crippen LogP contribution in [0.5, 0.6) is 0 Å². The molecule has 0 aromatic heterocycles. The number of urea groups is 1. The zero-order chi connectivity index (χ0) is 9.97. The van der Waals surface area contributed by atoms with E-state index in [0.29, 0.717) is 0 Å². The number of rotatable bonds is 2. The predicted molar refractivity (Wildman–Crippen MR) is 56.1 cm³/mol. The van der Waals surface area contributed by atoms with Crippen LogP contribution in [0.3, 0.4) is 0 Å². The van der Waals surface area contributed by atoms with Gasteiger partial charge in [-0.1, -0.05) is 24.8 Å². The molecule has 0 atom stereocenters. The van der Waals surface area contributed by atoms with Gasteiger partial charge in [0.1, 0.15) is 0 Å². The fourth-order valence-corrected chi connectivity index (χ4v) is 1.57.